The molecular weight excluding hydrogens is 399 g/mol. The van der Waals surface area contributed by atoms with Crippen LogP contribution in [0.5, 0.6) is 0 Å². The summed E-state index contributed by atoms with van der Waals surface area (Å²) < 4.78 is 48.4. The molecule has 0 spiro atoms. The van der Waals surface area contributed by atoms with Crippen LogP contribution in [0.1, 0.15) is 35.4 Å². The molecule has 2 saturated heterocycles. The molecule has 29 heavy (non-hydrogen) atoms. The monoisotopic (exact) mass is 422 g/mol. The number of rotatable bonds is 5. The van der Waals surface area contributed by atoms with Crippen molar-refractivity contribution in [3.8, 4) is 11.3 Å². The highest BCUT2D eigenvalue weighted by Crippen LogP contribution is 2.30. The maximum atomic E-state index is 13.6. The lowest BCUT2D eigenvalue weighted by Gasteiger charge is -2.30. The molecule has 0 saturated carbocycles. The first-order valence-corrected chi connectivity index (χ1v) is 11.5. The van der Waals surface area contributed by atoms with E-state index in [0.29, 0.717) is 36.6 Å². The number of hydrogen-bond donors (Lipinski definition) is 0. The zero-order valence-electron chi connectivity index (χ0n) is 16.1. The quantitative estimate of drug-likeness (QED) is 0.736. The number of aryl methyl sites for hydroxylation is 1. The van der Waals surface area contributed by atoms with E-state index in [2.05, 4.69) is 5.16 Å². The van der Waals surface area contributed by atoms with Gasteiger partial charge in [0, 0.05) is 24.8 Å². The molecule has 1 aromatic heterocycles. The Bertz CT molecular complexity index is 996. The van der Waals surface area contributed by atoms with Gasteiger partial charge < -0.3 is 14.2 Å². The predicted molar refractivity (Wildman–Crippen MR) is 104 cm³/mol. The van der Waals surface area contributed by atoms with Crippen LogP contribution in [0, 0.1) is 12.7 Å². The Morgan fingerprint density at radius 1 is 1.28 bits per heavy atom. The molecule has 9 heteroatoms. The van der Waals surface area contributed by atoms with Gasteiger partial charge >= 0.3 is 0 Å². The number of carbonyl (C=O) groups excluding carboxylic acids is 1. The van der Waals surface area contributed by atoms with Gasteiger partial charge in [-0.15, -0.1) is 0 Å². The van der Waals surface area contributed by atoms with E-state index in [1.807, 2.05) is 0 Å². The third-order valence-corrected chi connectivity index (χ3v) is 7.28. The third kappa shape index (κ3) is 4.20. The van der Waals surface area contributed by atoms with Crippen LogP contribution in [0.2, 0.25) is 0 Å². The molecular formula is C20H23FN2O5S. The number of amides is 1. The summed E-state index contributed by atoms with van der Waals surface area (Å²) in [6.07, 6.45) is 2.04. The standard InChI is InChI=1S/C20H23FN2O5S/c1-13-18(19(22-28-13)14-4-6-15(21)7-5-14)20(24)23(11-17-3-2-9-27-17)16-8-10-29(25,26)12-16/h4-7,16-17H,2-3,8-12H2,1H3/t16-,17-/m0/s1. The molecule has 1 amide bonds. The van der Waals surface area contributed by atoms with Gasteiger partial charge in [0.1, 0.15) is 22.8 Å². The molecule has 0 radical (unpaired) electrons. The van der Waals surface area contributed by atoms with Crippen LogP contribution in [-0.2, 0) is 14.6 Å². The van der Waals surface area contributed by atoms with E-state index in [-0.39, 0.29) is 29.1 Å². The smallest absolute Gasteiger partial charge is 0.260 e. The number of ether oxygens (including phenoxy) is 1. The fourth-order valence-corrected chi connectivity index (χ4v) is 5.73. The molecule has 1 aromatic carbocycles. The van der Waals surface area contributed by atoms with E-state index in [1.54, 1.807) is 11.8 Å². The van der Waals surface area contributed by atoms with E-state index < -0.39 is 21.7 Å². The molecule has 0 bridgehead atoms. The molecule has 0 N–H and O–H groups in total. The lowest BCUT2D eigenvalue weighted by Crippen LogP contribution is -2.45. The van der Waals surface area contributed by atoms with Crippen molar-refractivity contribution < 1.29 is 26.9 Å². The molecule has 4 rings (SSSR count). The summed E-state index contributed by atoms with van der Waals surface area (Å²) in [6.45, 7) is 2.61. The summed E-state index contributed by atoms with van der Waals surface area (Å²) in [5.74, 6) is -0.367. The van der Waals surface area contributed by atoms with E-state index in [0.717, 1.165) is 12.8 Å². The van der Waals surface area contributed by atoms with Crippen LogP contribution >= 0.6 is 0 Å². The van der Waals surface area contributed by atoms with Crippen molar-refractivity contribution >= 4 is 15.7 Å². The van der Waals surface area contributed by atoms with Crippen LogP contribution < -0.4 is 0 Å². The molecule has 0 unspecified atom stereocenters. The Kier molecular flexibility index (Phi) is 5.44. The van der Waals surface area contributed by atoms with Gasteiger partial charge in [0.05, 0.1) is 17.6 Å². The predicted octanol–water partition coefficient (Wildman–Crippen LogP) is 2.60. The Labute approximate surface area is 168 Å². The minimum absolute atomic E-state index is 0.0539. The van der Waals surface area contributed by atoms with Gasteiger partial charge in [-0.05, 0) is 50.5 Å². The van der Waals surface area contributed by atoms with Crippen molar-refractivity contribution in [1.82, 2.24) is 10.1 Å². The van der Waals surface area contributed by atoms with Crippen LogP contribution in [0.25, 0.3) is 11.3 Å². The molecule has 3 heterocycles. The first kappa shape index (κ1) is 20.0. The van der Waals surface area contributed by atoms with Gasteiger partial charge in [-0.25, -0.2) is 12.8 Å². The second-order valence-corrected chi connectivity index (χ2v) is 9.85. The Balaban J connectivity index is 1.68. The SMILES string of the molecule is Cc1onc(-c2ccc(F)cc2)c1C(=O)N(C[C@@H]1CCCO1)[C@H]1CCS(=O)(=O)C1. The van der Waals surface area contributed by atoms with Crippen molar-refractivity contribution in [2.75, 3.05) is 24.7 Å². The summed E-state index contributed by atoms with van der Waals surface area (Å²) in [7, 11) is -3.17. The topological polar surface area (TPSA) is 89.7 Å². The molecule has 2 fully saturated rings. The molecule has 2 aromatic rings. The van der Waals surface area contributed by atoms with E-state index >= 15 is 0 Å². The lowest BCUT2D eigenvalue weighted by atomic mass is 10.0. The fourth-order valence-electron chi connectivity index (χ4n) is 4.00. The maximum Gasteiger partial charge on any atom is 0.260 e. The highest BCUT2D eigenvalue weighted by molar-refractivity contribution is 7.91. The van der Waals surface area contributed by atoms with Crippen molar-refractivity contribution in [3.63, 3.8) is 0 Å². The van der Waals surface area contributed by atoms with Gasteiger partial charge in [0.15, 0.2) is 9.84 Å². The van der Waals surface area contributed by atoms with Gasteiger partial charge in [-0.2, -0.15) is 0 Å². The minimum Gasteiger partial charge on any atom is -0.376 e. The van der Waals surface area contributed by atoms with Crippen molar-refractivity contribution in [3.05, 3.63) is 41.4 Å². The van der Waals surface area contributed by atoms with Crippen LogP contribution in [0.3, 0.4) is 0 Å². The van der Waals surface area contributed by atoms with Gasteiger partial charge in [0.25, 0.3) is 5.91 Å². The normalized spacial score (nSPS) is 23.4. The molecule has 2 aliphatic rings. The zero-order valence-corrected chi connectivity index (χ0v) is 17.0. The summed E-state index contributed by atoms with van der Waals surface area (Å²) in [5.41, 5.74) is 1.16. The average Bonchev–Trinajstić information content (AvgIpc) is 3.40. The molecule has 2 atom stereocenters. The minimum atomic E-state index is -3.17. The molecule has 156 valence electrons. The summed E-state index contributed by atoms with van der Waals surface area (Å²) in [4.78, 5) is 15.2. The van der Waals surface area contributed by atoms with Crippen molar-refractivity contribution in [2.45, 2.75) is 38.3 Å². The first-order chi connectivity index (χ1) is 13.8. The van der Waals surface area contributed by atoms with Crippen molar-refractivity contribution in [1.29, 1.82) is 0 Å². The number of carbonyl (C=O) groups is 1. The number of aromatic nitrogens is 1. The fraction of sp³-hybridized carbons (Fsp3) is 0.500. The molecule has 2 aliphatic heterocycles. The average molecular weight is 422 g/mol. The second-order valence-electron chi connectivity index (χ2n) is 7.62. The summed E-state index contributed by atoms with van der Waals surface area (Å²) in [6, 6.07) is 5.25. The largest absolute Gasteiger partial charge is 0.376 e. The number of benzene rings is 1. The zero-order chi connectivity index (χ0) is 20.6. The second kappa shape index (κ2) is 7.87. The van der Waals surface area contributed by atoms with Crippen LogP contribution in [0.4, 0.5) is 4.39 Å². The molecule has 7 nitrogen and oxygen atoms in total. The summed E-state index contributed by atoms with van der Waals surface area (Å²) >= 11 is 0. The summed E-state index contributed by atoms with van der Waals surface area (Å²) in [5, 5.41) is 4.01. The third-order valence-electron chi connectivity index (χ3n) is 5.53. The van der Waals surface area contributed by atoms with Crippen molar-refractivity contribution in [2.24, 2.45) is 0 Å². The Morgan fingerprint density at radius 2 is 2.03 bits per heavy atom. The first-order valence-electron chi connectivity index (χ1n) is 9.69. The number of sulfone groups is 1. The van der Waals surface area contributed by atoms with E-state index in [4.69, 9.17) is 9.26 Å². The van der Waals surface area contributed by atoms with E-state index in [1.165, 1.54) is 24.3 Å². The molecule has 0 aliphatic carbocycles. The van der Waals surface area contributed by atoms with Crippen LogP contribution in [-0.4, -0.2) is 61.2 Å². The number of hydrogen-bond acceptors (Lipinski definition) is 6. The van der Waals surface area contributed by atoms with Gasteiger partial charge in [0.2, 0.25) is 0 Å². The van der Waals surface area contributed by atoms with Gasteiger partial charge in [-0.3, -0.25) is 4.79 Å². The Morgan fingerprint density at radius 3 is 2.66 bits per heavy atom. The highest BCUT2D eigenvalue weighted by atomic mass is 32.2. The van der Waals surface area contributed by atoms with Crippen LogP contribution in [0.15, 0.2) is 28.8 Å². The number of nitrogens with zero attached hydrogens (tertiary/aromatic N) is 2. The van der Waals surface area contributed by atoms with Gasteiger partial charge in [-0.1, -0.05) is 5.16 Å². The maximum absolute atomic E-state index is 13.6. The Hall–Kier alpha value is -2.26. The van der Waals surface area contributed by atoms with E-state index in [9.17, 15) is 17.6 Å². The lowest BCUT2D eigenvalue weighted by molar-refractivity contribution is 0.0440. The number of halogens is 1. The highest BCUT2D eigenvalue weighted by Gasteiger charge is 2.38.